The van der Waals surface area contributed by atoms with Gasteiger partial charge in [-0.3, -0.25) is 4.90 Å². The number of rotatable bonds is 4. The van der Waals surface area contributed by atoms with E-state index in [2.05, 4.69) is 14.5 Å². The topological polar surface area (TPSA) is 89.8 Å². The Morgan fingerprint density at radius 2 is 2.14 bits per heavy atom. The zero-order valence-electron chi connectivity index (χ0n) is 21.0. The maximum Gasteiger partial charge on any atom is 0.410 e. The minimum Gasteiger partial charge on any atom is -0.448 e. The van der Waals surface area contributed by atoms with Gasteiger partial charge in [0, 0.05) is 35.1 Å². The van der Waals surface area contributed by atoms with Gasteiger partial charge in [-0.15, -0.1) is 11.8 Å². The van der Waals surface area contributed by atoms with E-state index in [1.165, 1.54) is 11.8 Å². The molecule has 0 aromatic carbocycles. The summed E-state index contributed by atoms with van der Waals surface area (Å²) in [4.78, 5) is 37.5. The number of aromatic nitrogens is 3. The van der Waals surface area contributed by atoms with Gasteiger partial charge < -0.3 is 18.9 Å². The van der Waals surface area contributed by atoms with Crippen molar-refractivity contribution in [3.8, 4) is 0 Å². The number of amides is 2. The van der Waals surface area contributed by atoms with Crippen LogP contribution >= 0.6 is 23.4 Å². The molecule has 4 fully saturated rings. The van der Waals surface area contributed by atoms with Gasteiger partial charge in [-0.25, -0.2) is 23.9 Å². The fourth-order valence-corrected chi connectivity index (χ4v) is 6.50. The first-order valence-corrected chi connectivity index (χ1v) is 13.8. The van der Waals surface area contributed by atoms with Gasteiger partial charge in [0.05, 0.1) is 30.7 Å². The van der Waals surface area contributed by atoms with Gasteiger partial charge in [-0.2, -0.15) is 0 Å². The smallest absolute Gasteiger partial charge is 0.410 e. The molecule has 4 aliphatic rings. The number of carbonyl (C=O) groups excluding carboxylic acids is 2. The van der Waals surface area contributed by atoms with E-state index in [-0.39, 0.29) is 40.9 Å². The first-order chi connectivity index (χ1) is 17.6. The summed E-state index contributed by atoms with van der Waals surface area (Å²) in [6, 6.07) is 1.88. The lowest BCUT2D eigenvalue weighted by Gasteiger charge is -2.39. The van der Waals surface area contributed by atoms with Crippen molar-refractivity contribution in [3.05, 3.63) is 28.9 Å². The zero-order chi connectivity index (χ0) is 26.2. The average Bonchev–Trinajstić information content (AvgIpc) is 3.59. The second-order valence-electron chi connectivity index (χ2n) is 10.7. The molecule has 0 radical (unpaired) electrons. The molecular weight excluding hydrogens is 521 g/mol. The van der Waals surface area contributed by atoms with Crippen molar-refractivity contribution in [2.45, 2.75) is 56.4 Å². The van der Waals surface area contributed by atoms with Gasteiger partial charge in [0.15, 0.2) is 11.0 Å². The minimum absolute atomic E-state index is 0.0577. The quantitative estimate of drug-likeness (QED) is 0.326. The van der Waals surface area contributed by atoms with Crippen molar-refractivity contribution in [2.75, 3.05) is 26.0 Å². The Balaban J connectivity index is 1.53. The van der Waals surface area contributed by atoms with Crippen LogP contribution in [0.2, 0.25) is 5.15 Å². The third-order valence-corrected chi connectivity index (χ3v) is 8.30. The summed E-state index contributed by atoms with van der Waals surface area (Å²) in [5, 5.41) is 1.81. The Hall–Kier alpha value is -2.79. The van der Waals surface area contributed by atoms with Crippen molar-refractivity contribution in [1.29, 1.82) is 0 Å². The van der Waals surface area contributed by atoms with Crippen molar-refractivity contribution < 1.29 is 23.5 Å². The Bertz CT molecular complexity index is 1460. The molecule has 3 aliphatic heterocycles. The molecule has 3 atom stereocenters. The molecule has 1 saturated carbocycles. The zero-order valence-corrected chi connectivity index (χ0v) is 22.5. The normalized spacial score (nSPS) is 23.2. The number of fused-ring (bicyclic) bond motifs is 4. The highest BCUT2D eigenvalue weighted by Crippen LogP contribution is 2.52. The molecule has 3 aromatic rings. The molecule has 196 valence electrons. The molecule has 12 heteroatoms. The molecule has 6 heterocycles. The van der Waals surface area contributed by atoms with Crippen molar-refractivity contribution in [3.63, 3.8) is 0 Å². The minimum atomic E-state index is -0.666. The van der Waals surface area contributed by atoms with Crippen LogP contribution in [0.15, 0.2) is 17.3 Å². The van der Waals surface area contributed by atoms with Gasteiger partial charge in [-0.1, -0.05) is 11.6 Å². The molecule has 3 aromatic heterocycles. The highest BCUT2D eigenvalue weighted by molar-refractivity contribution is 7.98. The van der Waals surface area contributed by atoms with E-state index >= 15 is 4.39 Å². The summed E-state index contributed by atoms with van der Waals surface area (Å²) in [5.41, 5.74) is 1.21. The Morgan fingerprint density at radius 1 is 1.35 bits per heavy atom. The van der Waals surface area contributed by atoms with E-state index in [9.17, 15) is 9.59 Å². The highest BCUT2D eigenvalue weighted by atomic mass is 35.5. The number of hydrogen-bond donors (Lipinski definition) is 0. The predicted octanol–water partition coefficient (Wildman–Crippen LogP) is 5.23. The summed E-state index contributed by atoms with van der Waals surface area (Å²) in [5.74, 6) is -0.468. The summed E-state index contributed by atoms with van der Waals surface area (Å²) in [6.45, 7) is 7.29. The SMILES string of the molecule is CSc1nc2c(F)c(Cl)ncc2c2c1cc(CN1CCOC1=O)n2C1C2CC1N(C(=O)OC(C)(C)C)C2. The molecular formula is C25H27ClFN5O4S. The monoisotopic (exact) mass is 547 g/mol. The van der Waals surface area contributed by atoms with Crippen LogP contribution < -0.4 is 0 Å². The molecule has 7 rings (SSSR count). The standard InChI is InChI=1S/C25H27ClFN5O4S/c1-25(2,3)36-24(34)31-10-12-7-16(31)19(12)32-13(11-30-5-6-35-23(30)33)8-14-20(32)15-9-28-21(26)17(27)18(15)29-22(14)37-4/h8-9,12,16,19H,5-7,10-11H2,1-4H3. The van der Waals surface area contributed by atoms with Crippen LogP contribution in [0.3, 0.4) is 0 Å². The Labute approximate surface area is 222 Å². The number of hydrogen-bond acceptors (Lipinski definition) is 7. The van der Waals surface area contributed by atoms with E-state index < -0.39 is 11.4 Å². The fourth-order valence-electron chi connectivity index (χ4n) is 5.80. The Morgan fingerprint density at radius 3 is 2.81 bits per heavy atom. The van der Waals surface area contributed by atoms with Crippen LogP contribution in [0.4, 0.5) is 14.0 Å². The summed E-state index contributed by atoms with van der Waals surface area (Å²) >= 11 is 7.43. The Kier molecular flexibility index (Phi) is 5.72. The number of halogens is 2. The van der Waals surface area contributed by atoms with Gasteiger partial charge in [-0.05, 0) is 39.5 Å². The second-order valence-corrected chi connectivity index (χ2v) is 11.9. The lowest BCUT2D eigenvalue weighted by atomic mass is 9.79. The largest absolute Gasteiger partial charge is 0.448 e. The van der Waals surface area contributed by atoms with Crippen LogP contribution in [0.25, 0.3) is 21.8 Å². The molecule has 1 aliphatic carbocycles. The van der Waals surface area contributed by atoms with Crippen molar-refractivity contribution in [1.82, 2.24) is 24.3 Å². The number of thioether (sulfide) groups is 1. The van der Waals surface area contributed by atoms with E-state index in [1.807, 2.05) is 33.1 Å². The van der Waals surface area contributed by atoms with Crippen molar-refractivity contribution in [2.24, 2.45) is 5.92 Å². The van der Waals surface area contributed by atoms with E-state index in [0.717, 1.165) is 23.0 Å². The van der Waals surface area contributed by atoms with Gasteiger partial charge in [0.25, 0.3) is 0 Å². The first-order valence-electron chi connectivity index (χ1n) is 12.2. The van der Waals surface area contributed by atoms with E-state index in [1.54, 1.807) is 16.0 Å². The molecule has 2 bridgehead atoms. The number of carbonyl (C=O) groups is 2. The van der Waals surface area contributed by atoms with Crippen LogP contribution in [-0.4, -0.2) is 74.1 Å². The number of nitrogens with zero attached hydrogens (tertiary/aromatic N) is 5. The average molecular weight is 548 g/mol. The first kappa shape index (κ1) is 24.5. The molecule has 37 heavy (non-hydrogen) atoms. The fraction of sp³-hybridized carbons (Fsp3) is 0.520. The molecule has 2 amide bonds. The molecule has 3 saturated heterocycles. The lowest BCUT2D eigenvalue weighted by Crippen LogP contribution is -2.44. The highest BCUT2D eigenvalue weighted by Gasteiger charge is 2.56. The van der Waals surface area contributed by atoms with Crippen LogP contribution in [0.1, 0.15) is 38.9 Å². The van der Waals surface area contributed by atoms with Gasteiger partial charge >= 0.3 is 12.2 Å². The maximum absolute atomic E-state index is 15.1. The van der Waals surface area contributed by atoms with E-state index in [0.29, 0.717) is 36.7 Å². The summed E-state index contributed by atoms with van der Waals surface area (Å²) in [7, 11) is 0. The van der Waals surface area contributed by atoms with Crippen LogP contribution in [-0.2, 0) is 16.0 Å². The summed E-state index contributed by atoms with van der Waals surface area (Å²) < 4.78 is 28.1. The third-order valence-electron chi connectivity index (χ3n) is 7.34. The third kappa shape index (κ3) is 3.89. The van der Waals surface area contributed by atoms with Crippen LogP contribution in [0.5, 0.6) is 0 Å². The summed E-state index contributed by atoms with van der Waals surface area (Å²) in [6.07, 6.45) is 3.60. The van der Waals surface area contributed by atoms with Crippen molar-refractivity contribution >= 4 is 57.4 Å². The molecule has 0 spiro atoms. The maximum atomic E-state index is 15.1. The van der Waals surface area contributed by atoms with Gasteiger partial charge in [0.2, 0.25) is 0 Å². The molecule has 3 unspecified atom stereocenters. The predicted molar refractivity (Wildman–Crippen MR) is 137 cm³/mol. The molecule has 9 nitrogen and oxygen atoms in total. The van der Waals surface area contributed by atoms with Gasteiger partial charge in [0.1, 0.15) is 22.8 Å². The molecule has 0 N–H and O–H groups in total. The number of ether oxygens (including phenoxy) is 2. The second kappa shape index (κ2) is 8.62. The number of cyclic esters (lactones) is 1. The number of pyridine rings is 2. The lowest BCUT2D eigenvalue weighted by molar-refractivity contribution is 0.0209. The van der Waals surface area contributed by atoms with E-state index in [4.69, 9.17) is 21.1 Å². The van der Waals surface area contributed by atoms with Crippen LogP contribution in [0, 0.1) is 11.7 Å².